The maximum absolute atomic E-state index is 5.72. The molecular weight excluding hydrogens is 200 g/mol. The third-order valence-corrected chi connectivity index (χ3v) is 3.27. The predicted molar refractivity (Wildman–Crippen MR) is 64.2 cm³/mol. The lowest BCUT2D eigenvalue weighted by Crippen LogP contribution is -2.13. The first-order valence-electron chi connectivity index (χ1n) is 6.52. The summed E-state index contributed by atoms with van der Waals surface area (Å²) in [4.78, 5) is 4.30. The molecule has 1 saturated carbocycles. The lowest BCUT2D eigenvalue weighted by Gasteiger charge is -2.04. The zero-order valence-electron chi connectivity index (χ0n) is 10.2. The SMILES string of the molecule is CCCNCc1ncc(CC2CCCC2)o1. The molecule has 1 aliphatic carbocycles. The Bertz CT molecular complexity index is 303. The standard InChI is InChI=1S/C13H22N2O/c1-2-7-14-10-13-15-9-12(16-13)8-11-5-3-4-6-11/h9,11,14H,2-8,10H2,1H3. The van der Waals surface area contributed by atoms with E-state index in [1.54, 1.807) is 0 Å². The van der Waals surface area contributed by atoms with Crippen LogP contribution >= 0.6 is 0 Å². The summed E-state index contributed by atoms with van der Waals surface area (Å²) >= 11 is 0. The van der Waals surface area contributed by atoms with Crippen LogP contribution in [-0.4, -0.2) is 11.5 Å². The van der Waals surface area contributed by atoms with Gasteiger partial charge in [-0.15, -0.1) is 0 Å². The van der Waals surface area contributed by atoms with E-state index >= 15 is 0 Å². The van der Waals surface area contributed by atoms with Crippen molar-refractivity contribution in [2.24, 2.45) is 5.92 Å². The molecule has 1 aromatic heterocycles. The molecule has 1 N–H and O–H groups in total. The van der Waals surface area contributed by atoms with Crippen LogP contribution < -0.4 is 5.32 Å². The Morgan fingerprint density at radius 3 is 3.00 bits per heavy atom. The van der Waals surface area contributed by atoms with Gasteiger partial charge in [-0.2, -0.15) is 0 Å². The Hall–Kier alpha value is -0.830. The second-order valence-electron chi connectivity index (χ2n) is 4.75. The topological polar surface area (TPSA) is 38.1 Å². The van der Waals surface area contributed by atoms with E-state index in [2.05, 4.69) is 17.2 Å². The van der Waals surface area contributed by atoms with Crippen molar-refractivity contribution in [3.8, 4) is 0 Å². The van der Waals surface area contributed by atoms with E-state index in [-0.39, 0.29) is 0 Å². The molecule has 0 saturated heterocycles. The minimum Gasteiger partial charge on any atom is -0.444 e. The summed E-state index contributed by atoms with van der Waals surface area (Å²) in [5, 5.41) is 3.30. The van der Waals surface area contributed by atoms with Crippen LogP contribution in [-0.2, 0) is 13.0 Å². The van der Waals surface area contributed by atoms with Gasteiger partial charge in [-0.3, -0.25) is 0 Å². The number of aromatic nitrogens is 1. The molecule has 3 nitrogen and oxygen atoms in total. The maximum Gasteiger partial charge on any atom is 0.208 e. The van der Waals surface area contributed by atoms with Gasteiger partial charge in [0.1, 0.15) is 5.76 Å². The molecule has 0 spiro atoms. The van der Waals surface area contributed by atoms with Gasteiger partial charge < -0.3 is 9.73 Å². The molecule has 0 amide bonds. The largest absolute Gasteiger partial charge is 0.444 e. The summed E-state index contributed by atoms with van der Waals surface area (Å²) in [5.41, 5.74) is 0. The molecule has 3 heteroatoms. The van der Waals surface area contributed by atoms with Gasteiger partial charge >= 0.3 is 0 Å². The summed E-state index contributed by atoms with van der Waals surface area (Å²) in [6, 6.07) is 0. The Morgan fingerprint density at radius 2 is 2.25 bits per heavy atom. The smallest absolute Gasteiger partial charge is 0.208 e. The van der Waals surface area contributed by atoms with E-state index in [1.807, 2.05) is 6.20 Å². The minimum atomic E-state index is 0.762. The number of nitrogens with zero attached hydrogens (tertiary/aromatic N) is 1. The summed E-state index contributed by atoms with van der Waals surface area (Å²) < 4.78 is 5.72. The highest BCUT2D eigenvalue weighted by Crippen LogP contribution is 2.28. The summed E-state index contributed by atoms with van der Waals surface area (Å²) in [6.45, 7) is 3.95. The van der Waals surface area contributed by atoms with Crippen molar-refractivity contribution in [2.75, 3.05) is 6.54 Å². The summed E-state index contributed by atoms with van der Waals surface area (Å²) in [7, 11) is 0. The monoisotopic (exact) mass is 222 g/mol. The molecule has 1 aromatic rings. The molecule has 0 atom stereocenters. The van der Waals surface area contributed by atoms with Crippen molar-refractivity contribution < 1.29 is 4.42 Å². The Labute approximate surface area is 97.6 Å². The van der Waals surface area contributed by atoms with Gasteiger partial charge in [-0.1, -0.05) is 32.6 Å². The first-order valence-corrected chi connectivity index (χ1v) is 6.52. The second kappa shape index (κ2) is 6.04. The van der Waals surface area contributed by atoms with E-state index in [9.17, 15) is 0 Å². The van der Waals surface area contributed by atoms with Crippen LogP contribution in [0.2, 0.25) is 0 Å². The van der Waals surface area contributed by atoms with Crippen molar-refractivity contribution in [1.29, 1.82) is 0 Å². The molecule has 0 aliphatic heterocycles. The number of rotatable bonds is 6. The zero-order valence-corrected chi connectivity index (χ0v) is 10.2. The summed E-state index contributed by atoms with van der Waals surface area (Å²) in [5.74, 6) is 2.74. The highest BCUT2D eigenvalue weighted by molar-refractivity contribution is 4.96. The van der Waals surface area contributed by atoms with Gasteiger partial charge in [0.25, 0.3) is 0 Å². The lowest BCUT2D eigenvalue weighted by atomic mass is 10.0. The van der Waals surface area contributed by atoms with Crippen LogP contribution in [0.5, 0.6) is 0 Å². The van der Waals surface area contributed by atoms with Crippen molar-refractivity contribution >= 4 is 0 Å². The lowest BCUT2D eigenvalue weighted by molar-refractivity contribution is 0.404. The fourth-order valence-electron chi connectivity index (χ4n) is 2.40. The van der Waals surface area contributed by atoms with Crippen LogP contribution in [0.3, 0.4) is 0 Å². The van der Waals surface area contributed by atoms with E-state index in [1.165, 1.54) is 25.7 Å². The number of nitrogens with one attached hydrogen (secondary N) is 1. The van der Waals surface area contributed by atoms with Crippen molar-refractivity contribution in [1.82, 2.24) is 10.3 Å². The fourth-order valence-corrected chi connectivity index (χ4v) is 2.40. The molecule has 16 heavy (non-hydrogen) atoms. The van der Waals surface area contributed by atoms with E-state index in [0.29, 0.717) is 0 Å². The van der Waals surface area contributed by atoms with E-state index in [0.717, 1.165) is 43.5 Å². The molecule has 0 bridgehead atoms. The van der Waals surface area contributed by atoms with E-state index < -0.39 is 0 Å². The first-order chi connectivity index (χ1) is 7.88. The Morgan fingerprint density at radius 1 is 1.44 bits per heavy atom. The number of hydrogen-bond acceptors (Lipinski definition) is 3. The maximum atomic E-state index is 5.72. The molecule has 0 radical (unpaired) electrons. The van der Waals surface area contributed by atoms with Crippen LogP contribution in [0.25, 0.3) is 0 Å². The molecule has 0 aromatic carbocycles. The van der Waals surface area contributed by atoms with Gasteiger partial charge in [0.2, 0.25) is 5.89 Å². The first kappa shape index (κ1) is 11.6. The van der Waals surface area contributed by atoms with E-state index in [4.69, 9.17) is 4.42 Å². The quantitative estimate of drug-likeness (QED) is 0.752. The normalized spacial score (nSPS) is 17.1. The molecule has 1 heterocycles. The molecule has 90 valence electrons. The molecule has 2 rings (SSSR count). The third-order valence-electron chi connectivity index (χ3n) is 3.27. The molecular formula is C13H22N2O. The van der Waals surface area contributed by atoms with Gasteiger partial charge in [0.15, 0.2) is 0 Å². The van der Waals surface area contributed by atoms with Crippen molar-refractivity contribution in [3.05, 3.63) is 17.8 Å². The highest BCUT2D eigenvalue weighted by Gasteiger charge is 2.17. The average molecular weight is 222 g/mol. The predicted octanol–water partition coefficient (Wildman–Crippen LogP) is 2.91. The number of hydrogen-bond donors (Lipinski definition) is 1. The summed E-state index contributed by atoms with van der Waals surface area (Å²) in [6.07, 6.45) is 9.65. The van der Waals surface area contributed by atoms with Crippen LogP contribution in [0.4, 0.5) is 0 Å². The second-order valence-corrected chi connectivity index (χ2v) is 4.75. The fraction of sp³-hybridized carbons (Fsp3) is 0.769. The number of oxazole rings is 1. The average Bonchev–Trinajstić information content (AvgIpc) is 2.91. The van der Waals surface area contributed by atoms with Gasteiger partial charge in [-0.25, -0.2) is 4.98 Å². The molecule has 0 unspecified atom stereocenters. The van der Waals surface area contributed by atoms with Crippen molar-refractivity contribution in [2.45, 2.75) is 52.0 Å². The Kier molecular flexibility index (Phi) is 4.40. The van der Waals surface area contributed by atoms with Crippen LogP contribution in [0.1, 0.15) is 50.7 Å². The highest BCUT2D eigenvalue weighted by atomic mass is 16.4. The van der Waals surface area contributed by atoms with Crippen LogP contribution in [0, 0.1) is 5.92 Å². The molecule has 1 fully saturated rings. The minimum absolute atomic E-state index is 0.762. The van der Waals surface area contributed by atoms with Crippen molar-refractivity contribution in [3.63, 3.8) is 0 Å². The van der Waals surface area contributed by atoms with Gasteiger partial charge in [-0.05, 0) is 18.9 Å². The Balaban J connectivity index is 1.77. The van der Waals surface area contributed by atoms with Gasteiger partial charge in [0.05, 0.1) is 12.7 Å². The zero-order chi connectivity index (χ0) is 11.2. The third kappa shape index (κ3) is 3.34. The van der Waals surface area contributed by atoms with Gasteiger partial charge in [0, 0.05) is 6.42 Å². The van der Waals surface area contributed by atoms with Crippen LogP contribution in [0.15, 0.2) is 10.6 Å². The molecule has 1 aliphatic rings.